The maximum atomic E-state index is 9.63. The maximum absolute atomic E-state index is 9.63. The summed E-state index contributed by atoms with van der Waals surface area (Å²) in [4.78, 5) is 2.31. The molecular formula is C11H17NOS. The Bertz CT molecular complexity index is 240. The smallest absolute Gasteiger partial charge is 0.103 e. The molecule has 0 aromatic heterocycles. The molecule has 3 aliphatic heterocycles. The minimum Gasteiger partial charge on any atom is -0.511 e. The van der Waals surface area contributed by atoms with Crippen molar-refractivity contribution in [2.24, 2.45) is 5.92 Å². The lowest BCUT2D eigenvalue weighted by Gasteiger charge is -2.50. The third-order valence-corrected chi connectivity index (χ3v) is 4.64. The van der Waals surface area contributed by atoms with Crippen LogP contribution >= 0.6 is 11.8 Å². The van der Waals surface area contributed by atoms with Crippen LogP contribution in [0.2, 0.25) is 0 Å². The van der Waals surface area contributed by atoms with E-state index in [0.717, 1.165) is 12.4 Å². The summed E-state index contributed by atoms with van der Waals surface area (Å²) in [5.74, 6) is 1.72. The quantitative estimate of drug-likeness (QED) is 0.560. The van der Waals surface area contributed by atoms with E-state index in [9.17, 15) is 5.11 Å². The number of piperidine rings is 1. The summed E-state index contributed by atoms with van der Waals surface area (Å²) in [5, 5.41) is 10.3. The zero-order chi connectivity index (χ0) is 10.3. The highest BCUT2D eigenvalue weighted by Crippen LogP contribution is 2.43. The van der Waals surface area contributed by atoms with Crippen LogP contribution in [0.4, 0.5) is 0 Å². The van der Waals surface area contributed by atoms with Crippen LogP contribution in [0.3, 0.4) is 0 Å². The van der Waals surface area contributed by atoms with Gasteiger partial charge in [-0.1, -0.05) is 18.7 Å². The molecule has 0 aliphatic carbocycles. The molecule has 78 valence electrons. The van der Waals surface area contributed by atoms with Crippen molar-refractivity contribution in [2.75, 3.05) is 12.4 Å². The molecule has 0 amide bonds. The molecule has 1 N–H and O–H groups in total. The second kappa shape index (κ2) is 3.63. The highest BCUT2D eigenvalue weighted by Gasteiger charge is 2.44. The number of aliphatic hydroxyl groups is 1. The molecule has 3 unspecified atom stereocenters. The monoisotopic (exact) mass is 211 g/mol. The van der Waals surface area contributed by atoms with E-state index in [4.69, 9.17) is 0 Å². The Hall–Kier alpha value is -0.410. The Balaban J connectivity index is 2.27. The van der Waals surface area contributed by atoms with Crippen LogP contribution in [-0.4, -0.2) is 33.7 Å². The predicted molar refractivity (Wildman–Crippen MR) is 61.4 cm³/mol. The Morgan fingerprint density at radius 2 is 2.21 bits per heavy atom. The Morgan fingerprint density at radius 1 is 1.50 bits per heavy atom. The molecular weight excluding hydrogens is 194 g/mol. The zero-order valence-electron chi connectivity index (χ0n) is 8.57. The normalized spacial score (nSPS) is 40.9. The molecule has 3 heterocycles. The number of thioether (sulfide) groups is 1. The van der Waals surface area contributed by atoms with E-state index in [0.29, 0.717) is 16.9 Å². The fourth-order valence-corrected chi connectivity index (χ4v) is 4.10. The van der Waals surface area contributed by atoms with Crippen LogP contribution < -0.4 is 0 Å². The number of hydrogen-bond donors (Lipinski definition) is 1. The van der Waals surface area contributed by atoms with Gasteiger partial charge >= 0.3 is 0 Å². The standard InChI is InChI=1S/C11H17NOS/c1-7(2)10-9-4-5-12(6-14-9)11(10)8(3)13/h9-11,13H,1,3-6H2,2H3/t9-,10?,11?/m0/s1. The van der Waals surface area contributed by atoms with Gasteiger partial charge < -0.3 is 5.11 Å². The summed E-state index contributed by atoms with van der Waals surface area (Å²) in [6.07, 6.45) is 1.21. The van der Waals surface area contributed by atoms with E-state index in [-0.39, 0.29) is 6.04 Å². The molecule has 2 bridgehead atoms. The molecule has 0 aromatic rings. The average Bonchev–Trinajstić information content (AvgIpc) is 2.17. The lowest BCUT2D eigenvalue weighted by atomic mass is 9.83. The van der Waals surface area contributed by atoms with Crippen LogP contribution in [-0.2, 0) is 0 Å². The van der Waals surface area contributed by atoms with Gasteiger partial charge in [-0.25, -0.2) is 0 Å². The number of rotatable bonds is 2. The van der Waals surface area contributed by atoms with Crippen LogP contribution in [0.5, 0.6) is 0 Å². The lowest BCUT2D eigenvalue weighted by Crippen LogP contribution is -2.55. The Labute approximate surface area is 89.7 Å². The van der Waals surface area contributed by atoms with Gasteiger partial charge in [-0.2, -0.15) is 0 Å². The van der Waals surface area contributed by atoms with E-state index in [1.54, 1.807) is 0 Å². The van der Waals surface area contributed by atoms with E-state index >= 15 is 0 Å². The lowest BCUT2D eigenvalue weighted by molar-refractivity contribution is 0.112. The second-order valence-electron chi connectivity index (χ2n) is 4.24. The molecule has 3 heteroatoms. The van der Waals surface area contributed by atoms with Gasteiger partial charge in [0.25, 0.3) is 0 Å². The second-order valence-corrected chi connectivity index (χ2v) is 5.44. The van der Waals surface area contributed by atoms with Crippen molar-refractivity contribution in [3.63, 3.8) is 0 Å². The van der Waals surface area contributed by atoms with Gasteiger partial charge in [-0.3, -0.25) is 4.90 Å². The average molecular weight is 211 g/mol. The first-order valence-electron chi connectivity index (χ1n) is 5.00. The highest BCUT2D eigenvalue weighted by molar-refractivity contribution is 7.99. The van der Waals surface area contributed by atoms with Gasteiger partial charge in [-0.15, -0.1) is 11.8 Å². The first kappa shape index (κ1) is 10.1. The fraction of sp³-hybridized carbons (Fsp3) is 0.636. The third kappa shape index (κ3) is 1.48. The van der Waals surface area contributed by atoms with Gasteiger partial charge in [0.15, 0.2) is 0 Å². The van der Waals surface area contributed by atoms with E-state index in [2.05, 4.69) is 25.0 Å². The summed E-state index contributed by atoms with van der Waals surface area (Å²) in [7, 11) is 0. The number of aliphatic hydroxyl groups excluding tert-OH is 1. The van der Waals surface area contributed by atoms with Crippen molar-refractivity contribution in [3.8, 4) is 0 Å². The third-order valence-electron chi connectivity index (χ3n) is 3.20. The molecule has 0 aromatic carbocycles. The maximum Gasteiger partial charge on any atom is 0.103 e. The summed E-state index contributed by atoms with van der Waals surface area (Å²) < 4.78 is 0. The SMILES string of the molecule is C=C(C)C1C(C(=C)O)N2CC[C@@H]1SC2. The molecule has 3 saturated heterocycles. The zero-order valence-corrected chi connectivity index (χ0v) is 9.39. The Morgan fingerprint density at radius 3 is 2.57 bits per heavy atom. The molecule has 3 aliphatic rings. The number of hydrogen-bond acceptors (Lipinski definition) is 3. The van der Waals surface area contributed by atoms with Crippen LogP contribution in [0, 0.1) is 5.92 Å². The van der Waals surface area contributed by atoms with Crippen LogP contribution in [0.25, 0.3) is 0 Å². The summed E-state index contributed by atoms with van der Waals surface area (Å²) in [5.41, 5.74) is 1.17. The number of nitrogens with zero attached hydrogens (tertiary/aromatic N) is 1. The molecule has 4 atom stereocenters. The van der Waals surface area contributed by atoms with Crippen molar-refractivity contribution in [1.82, 2.24) is 4.90 Å². The largest absolute Gasteiger partial charge is 0.511 e. The van der Waals surface area contributed by atoms with E-state index in [1.807, 2.05) is 11.8 Å². The molecule has 0 spiro atoms. The Kier molecular flexibility index (Phi) is 2.62. The number of fused-ring (bicyclic) bond motifs is 3. The first-order valence-corrected chi connectivity index (χ1v) is 6.05. The molecule has 0 saturated carbocycles. The fourth-order valence-electron chi connectivity index (χ4n) is 2.57. The molecule has 2 nitrogen and oxygen atoms in total. The first-order chi connectivity index (χ1) is 6.61. The van der Waals surface area contributed by atoms with Gasteiger partial charge in [0.05, 0.1) is 6.04 Å². The molecule has 3 fully saturated rings. The van der Waals surface area contributed by atoms with Crippen molar-refractivity contribution < 1.29 is 5.11 Å². The topological polar surface area (TPSA) is 23.5 Å². The molecule has 14 heavy (non-hydrogen) atoms. The van der Waals surface area contributed by atoms with Gasteiger partial charge in [-0.05, 0) is 13.3 Å². The molecule has 3 rings (SSSR count). The highest BCUT2D eigenvalue weighted by atomic mass is 32.2. The van der Waals surface area contributed by atoms with Crippen molar-refractivity contribution in [3.05, 3.63) is 24.5 Å². The van der Waals surface area contributed by atoms with Gasteiger partial charge in [0, 0.05) is 23.6 Å². The van der Waals surface area contributed by atoms with Gasteiger partial charge in [0.1, 0.15) is 5.76 Å². The summed E-state index contributed by atoms with van der Waals surface area (Å²) in [6, 6.07) is 0.118. The minimum atomic E-state index is 0.118. The van der Waals surface area contributed by atoms with Crippen LogP contribution in [0.15, 0.2) is 24.5 Å². The van der Waals surface area contributed by atoms with E-state index in [1.165, 1.54) is 12.0 Å². The van der Waals surface area contributed by atoms with E-state index < -0.39 is 0 Å². The predicted octanol–water partition coefficient (Wildman–Crippen LogP) is 2.40. The molecule has 0 radical (unpaired) electrons. The van der Waals surface area contributed by atoms with Crippen molar-refractivity contribution in [2.45, 2.75) is 24.6 Å². The van der Waals surface area contributed by atoms with Crippen molar-refractivity contribution in [1.29, 1.82) is 0 Å². The van der Waals surface area contributed by atoms with Gasteiger partial charge in [0.2, 0.25) is 0 Å². The summed E-state index contributed by atoms with van der Waals surface area (Å²) in [6.45, 7) is 10.9. The summed E-state index contributed by atoms with van der Waals surface area (Å²) >= 11 is 1.98. The minimum absolute atomic E-state index is 0.118. The van der Waals surface area contributed by atoms with Crippen molar-refractivity contribution >= 4 is 11.8 Å². The van der Waals surface area contributed by atoms with Crippen LogP contribution in [0.1, 0.15) is 13.3 Å².